The molecular weight excluding hydrogens is 210 g/mol. The van der Waals surface area contributed by atoms with Crippen LogP contribution >= 0.6 is 0 Å². The number of ether oxygens (including phenoxy) is 2. The summed E-state index contributed by atoms with van der Waals surface area (Å²) in [6.07, 6.45) is 3.09. The number of nitrogens with zero attached hydrogens (tertiary/aromatic N) is 2. The van der Waals surface area contributed by atoms with E-state index in [9.17, 15) is 0 Å². The predicted octanol–water partition coefficient (Wildman–Crippen LogP) is -0.0225. The maximum absolute atomic E-state index is 8.90. The van der Waals surface area contributed by atoms with Crippen LogP contribution in [0.3, 0.4) is 0 Å². The van der Waals surface area contributed by atoms with E-state index in [2.05, 4.69) is 9.97 Å². The van der Waals surface area contributed by atoms with Crippen molar-refractivity contribution in [2.45, 2.75) is 25.0 Å². The highest BCUT2D eigenvalue weighted by Gasteiger charge is 2.25. The van der Waals surface area contributed by atoms with Crippen molar-refractivity contribution in [2.75, 3.05) is 18.9 Å². The van der Waals surface area contributed by atoms with Gasteiger partial charge in [-0.25, -0.2) is 9.97 Å². The molecule has 1 aliphatic heterocycles. The predicted molar refractivity (Wildman–Crippen MR) is 56.9 cm³/mol. The van der Waals surface area contributed by atoms with Crippen LogP contribution < -0.4 is 10.5 Å². The molecular formula is C10H15N3O3. The zero-order valence-electron chi connectivity index (χ0n) is 8.87. The molecule has 2 atom stereocenters. The minimum absolute atomic E-state index is 0.0216. The first-order valence-corrected chi connectivity index (χ1v) is 5.24. The third kappa shape index (κ3) is 2.80. The van der Waals surface area contributed by atoms with Gasteiger partial charge in [-0.1, -0.05) is 0 Å². The molecule has 6 nitrogen and oxygen atoms in total. The molecule has 1 aromatic heterocycles. The van der Waals surface area contributed by atoms with Gasteiger partial charge in [0.1, 0.15) is 18.8 Å². The summed E-state index contributed by atoms with van der Waals surface area (Å²) in [5.74, 6) is 0.828. The van der Waals surface area contributed by atoms with Crippen molar-refractivity contribution >= 4 is 5.82 Å². The van der Waals surface area contributed by atoms with Gasteiger partial charge in [-0.3, -0.25) is 0 Å². The molecule has 1 aromatic rings. The molecule has 2 heterocycles. The van der Waals surface area contributed by atoms with Gasteiger partial charge in [0.15, 0.2) is 0 Å². The molecule has 3 N–H and O–H groups in total. The van der Waals surface area contributed by atoms with Crippen molar-refractivity contribution in [3.63, 3.8) is 0 Å². The average molecular weight is 225 g/mol. The van der Waals surface area contributed by atoms with Crippen molar-refractivity contribution in [1.82, 2.24) is 9.97 Å². The summed E-state index contributed by atoms with van der Waals surface area (Å²) in [6.45, 7) is 0.490. The van der Waals surface area contributed by atoms with Crippen molar-refractivity contribution in [3.8, 4) is 5.88 Å². The van der Waals surface area contributed by atoms with E-state index < -0.39 is 0 Å². The van der Waals surface area contributed by atoms with E-state index >= 15 is 0 Å². The second kappa shape index (κ2) is 5.09. The first-order valence-electron chi connectivity index (χ1n) is 5.24. The summed E-state index contributed by atoms with van der Waals surface area (Å²) in [6, 6.07) is 1.57. The van der Waals surface area contributed by atoms with E-state index in [1.165, 1.54) is 6.33 Å². The maximum atomic E-state index is 8.90. The molecule has 0 amide bonds. The molecule has 2 rings (SSSR count). The van der Waals surface area contributed by atoms with Gasteiger partial charge in [0.05, 0.1) is 18.8 Å². The summed E-state index contributed by atoms with van der Waals surface area (Å²) in [4.78, 5) is 7.69. The number of rotatable bonds is 4. The number of aromatic nitrogens is 2. The first-order chi connectivity index (χ1) is 7.78. The largest absolute Gasteiger partial charge is 0.475 e. The van der Waals surface area contributed by atoms with Gasteiger partial charge < -0.3 is 20.3 Å². The van der Waals surface area contributed by atoms with Crippen LogP contribution in [0.15, 0.2) is 12.4 Å². The first kappa shape index (κ1) is 11.1. The molecule has 0 unspecified atom stereocenters. The van der Waals surface area contributed by atoms with Crippen LogP contribution in [0, 0.1) is 0 Å². The molecule has 88 valence electrons. The fourth-order valence-corrected chi connectivity index (χ4v) is 1.65. The minimum Gasteiger partial charge on any atom is -0.475 e. The smallest absolute Gasteiger partial charge is 0.218 e. The summed E-state index contributed by atoms with van der Waals surface area (Å²) in [7, 11) is 0. The highest BCUT2D eigenvalue weighted by Crippen LogP contribution is 2.20. The highest BCUT2D eigenvalue weighted by molar-refractivity contribution is 5.30. The van der Waals surface area contributed by atoms with Crippen LogP contribution in [0.2, 0.25) is 0 Å². The lowest BCUT2D eigenvalue weighted by Gasteiger charge is -2.12. The molecule has 0 spiro atoms. The summed E-state index contributed by atoms with van der Waals surface area (Å²) in [5, 5.41) is 8.90. The van der Waals surface area contributed by atoms with E-state index in [-0.39, 0.29) is 18.8 Å². The van der Waals surface area contributed by atoms with Gasteiger partial charge in [0, 0.05) is 6.07 Å². The fourth-order valence-electron chi connectivity index (χ4n) is 1.65. The number of hydrogen-bond donors (Lipinski definition) is 2. The van der Waals surface area contributed by atoms with Crippen molar-refractivity contribution in [2.24, 2.45) is 0 Å². The molecule has 0 aromatic carbocycles. The van der Waals surface area contributed by atoms with Crippen molar-refractivity contribution in [1.29, 1.82) is 0 Å². The lowest BCUT2D eigenvalue weighted by atomic mass is 10.2. The van der Waals surface area contributed by atoms with Crippen LogP contribution in [0.5, 0.6) is 5.88 Å². The van der Waals surface area contributed by atoms with Crippen molar-refractivity contribution in [3.05, 3.63) is 12.4 Å². The summed E-state index contributed by atoms with van der Waals surface area (Å²) >= 11 is 0. The Morgan fingerprint density at radius 2 is 2.25 bits per heavy atom. The zero-order valence-corrected chi connectivity index (χ0v) is 8.87. The quantitative estimate of drug-likeness (QED) is 0.748. The Bertz CT molecular complexity index is 348. The second-order valence-electron chi connectivity index (χ2n) is 3.73. The van der Waals surface area contributed by atoms with E-state index in [4.69, 9.17) is 20.3 Å². The number of aliphatic hydroxyl groups is 1. The lowest BCUT2D eigenvalue weighted by Crippen LogP contribution is -2.20. The number of nitrogens with two attached hydrogens (primary N) is 1. The van der Waals surface area contributed by atoms with E-state index in [1.807, 2.05) is 0 Å². The minimum atomic E-state index is -0.0518. The molecule has 6 heteroatoms. The van der Waals surface area contributed by atoms with Gasteiger partial charge in [-0.15, -0.1) is 0 Å². The Hall–Kier alpha value is -1.40. The number of nitrogen functional groups attached to an aromatic ring is 1. The maximum Gasteiger partial charge on any atom is 0.218 e. The molecule has 1 fully saturated rings. The Balaban J connectivity index is 1.80. The number of aliphatic hydroxyl groups excluding tert-OH is 1. The van der Waals surface area contributed by atoms with E-state index in [1.54, 1.807) is 6.07 Å². The number of hydrogen-bond acceptors (Lipinski definition) is 6. The molecule has 1 saturated heterocycles. The topological polar surface area (TPSA) is 90.5 Å². The van der Waals surface area contributed by atoms with Crippen LogP contribution in [0.1, 0.15) is 12.8 Å². The Morgan fingerprint density at radius 1 is 1.44 bits per heavy atom. The SMILES string of the molecule is Nc1cc(OC[C@H]2CC[C@@H](CO)O2)ncn1. The Labute approximate surface area is 93.4 Å². The normalized spacial score (nSPS) is 24.6. The van der Waals surface area contributed by atoms with Gasteiger partial charge in [0.2, 0.25) is 5.88 Å². The number of anilines is 1. The molecule has 0 bridgehead atoms. The van der Waals surface area contributed by atoms with Gasteiger partial charge in [-0.05, 0) is 12.8 Å². The third-order valence-corrected chi connectivity index (χ3v) is 2.48. The van der Waals surface area contributed by atoms with Crippen LogP contribution in [0.25, 0.3) is 0 Å². The third-order valence-electron chi connectivity index (χ3n) is 2.48. The summed E-state index contributed by atoms with van der Waals surface area (Å²) < 4.78 is 10.9. The van der Waals surface area contributed by atoms with Crippen LogP contribution in [0.4, 0.5) is 5.82 Å². The van der Waals surface area contributed by atoms with Gasteiger partial charge >= 0.3 is 0 Å². The lowest BCUT2D eigenvalue weighted by molar-refractivity contribution is -0.00789. The monoisotopic (exact) mass is 225 g/mol. The van der Waals surface area contributed by atoms with Gasteiger partial charge in [-0.2, -0.15) is 0 Å². The highest BCUT2D eigenvalue weighted by atomic mass is 16.6. The van der Waals surface area contributed by atoms with Gasteiger partial charge in [0.25, 0.3) is 0 Å². The molecule has 0 aliphatic carbocycles. The molecule has 1 aliphatic rings. The second-order valence-corrected chi connectivity index (χ2v) is 3.73. The standard InChI is InChI=1S/C10H15N3O3/c11-9-3-10(13-6-12-9)15-5-8-2-1-7(4-14)16-8/h3,6-8,14H,1-2,4-5H2,(H2,11,12,13)/t7-,8+/m0/s1. The average Bonchev–Trinajstić information content (AvgIpc) is 2.74. The summed E-state index contributed by atoms with van der Waals surface area (Å²) in [5.41, 5.74) is 5.49. The van der Waals surface area contributed by atoms with Crippen molar-refractivity contribution < 1.29 is 14.6 Å². The van der Waals surface area contributed by atoms with Crippen LogP contribution in [-0.2, 0) is 4.74 Å². The Morgan fingerprint density at radius 3 is 2.94 bits per heavy atom. The van der Waals surface area contributed by atoms with Crippen LogP contribution in [-0.4, -0.2) is 40.5 Å². The zero-order chi connectivity index (χ0) is 11.4. The molecule has 16 heavy (non-hydrogen) atoms. The molecule has 0 radical (unpaired) electrons. The van der Waals surface area contributed by atoms with E-state index in [0.29, 0.717) is 18.3 Å². The fraction of sp³-hybridized carbons (Fsp3) is 0.600. The van der Waals surface area contributed by atoms with E-state index in [0.717, 1.165) is 12.8 Å². The molecule has 0 saturated carbocycles. The Kier molecular flexibility index (Phi) is 3.53.